The maximum atomic E-state index is 13.3. The zero-order valence-electron chi connectivity index (χ0n) is 20.7. The normalized spacial score (nSPS) is 29.7. The van der Waals surface area contributed by atoms with Crippen molar-refractivity contribution in [3.63, 3.8) is 0 Å². The molecular formula is C28H34N2O4S. The van der Waals surface area contributed by atoms with Gasteiger partial charge in [-0.1, -0.05) is 31.0 Å². The molecule has 2 aromatic carbocycles. The Morgan fingerprint density at radius 2 is 1.97 bits per heavy atom. The number of nitrogens with zero attached hydrogens (tertiary/aromatic N) is 1. The molecule has 35 heavy (non-hydrogen) atoms. The van der Waals surface area contributed by atoms with E-state index in [0.29, 0.717) is 11.8 Å². The van der Waals surface area contributed by atoms with E-state index in [0.717, 1.165) is 49.2 Å². The molecule has 2 saturated heterocycles. The van der Waals surface area contributed by atoms with Gasteiger partial charge in [-0.15, -0.1) is 0 Å². The highest BCUT2D eigenvalue weighted by Crippen LogP contribution is 2.55. The third-order valence-electron chi connectivity index (χ3n) is 8.75. The lowest BCUT2D eigenvalue weighted by atomic mass is 9.57. The number of H-pyrrole nitrogens is 1. The zero-order valence-corrected chi connectivity index (χ0v) is 21.5. The van der Waals surface area contributed by atoms with Crippen molar-refractivity contribution in [3.05, 3.63) is 59.3 Å². The molecule has 6 nitrogen and oxygen atoms in total. The van der Waals surface area contributed by atoms with Crippen LogP contribution in [0.25, 0.3) is 10.9 Å². The van der Waals surface area contributed by atoms with Crippen LogP contribution in [0.3, 0.4) is 0 Å². The Morgan fingerprint density at radius 1 is 1.17 bits per heavy atom. The standard InChI is InChI=1S/C28H34N2O4S/c1-4-20-13-19-15-28(17-34-35(31,32)22-8-5-18(2)6-9-22)26-23(11-12-30(16-19)27(20)28)24-14-21(33-3)7-10-25(24)29-26/h5-10,14,19-20,27,29H,4,11-13,15-17H2,1-3H3/t19-,20+,27+,28-/m1/s1. The molecule has 5 atom stereocenters. The molecule has 7 rings (SSSR count). The highest BCUT2D eigenvalue weighted by Gasteiger charge is 2.58. The number of aryl methyl sites for hydroxylation is 1. The van der Waals surface area contributed by atoms with Crippen molar-refractivity contribution in [3.8, 4) is 5.75 Å². The Bertz CT molecular complexity index is 1360. The second-order valence-corrected chi connectivity index (χ2v) is 12.4. The van der Waals surface area contributed by atoms with E-state index < -0.39 is 15.5 Å². The minimum absolute atomic E-state index is 0.161. The quantitative estimate of drug-likeness (QED) is 0.498. The van der Waals surface area contributed by atoms with E-state index in [4.69, 9.17) is 8.92 Å². The van der Waals surface area contributed by atoms with Crippen molar-refractivity contribution in [2.45, 2.75) is 55.9 Å². The van der Waals surface area contributed by atoms with E-state index in [1.165, 1.54) is 23.1 Å². The molecule has 3 fully saturated rings. The molecule has 4 heterocycles. The van der Waals surface area contributed by atoms with Crippen LogP contribution in [0.1, 0.15) is 43.0 Å². The summed E-state index contributed by atoms with van der Waals surface area (Å²) in [4.78, 5) is 6.61. The molecular weight excluding hydrogens is 460 g/mol. The number of benzene rings is 2. The Balaban J connectivity index is 1.48. The predicted octanol–water partition coefficient (Wildman–Crippen LogP) is 4.80. The van der Waals surface area contributed by atoms with Crippen LogP contribution >= 0.6 is 0 Å². The number of rotatable bonds is 6. The molecule has 1 saturated carbocycles. The fourth-order valence-corrected chi connectivity index (χ4v) is 8.27. The molecule has 1 aliphatic carbocycles. The number of nitrogens with one attached hydrogen (secondary N) is 1. The van der Waals surface area contributed by atoms with Crippen molar-refractivity contribution in [1.29, 1.82) is 0 Å². The minimum Gasteiger partial charge on any atom is -0.497 e. The maximum absolute atomic E-state index is 13.3. The van der Waals surface area contributed by atoms with Gasteiger partial charge in [0.25, 0.3) is 10.1 Å². The molecule has 0 amide bonds. The number of methoxy groups -OCH3 is 1. The number of aromatic amines is 1. The Kier molecular flexibility index (Phi) is 5.51. The second-order valence-electron chi connectivity index (χ2n) is 10.7. The fraction of sp³-hybridized carbons (Fsp3) is 0.500. The van der Waals surface area contributed by atoms with E-state index >= 15 is 0 Å². The van der Waals surface area contributed by atoms with Crippen LogP contribution in [0.4, 0.5) is 0 Å². The van der Waals surface area contributed by atoms with Crippen molar-refractivity contribution < 1.29 is 17.3 Å². The number of ether oxygens (including phenoxy) is 1. The van der Waals surface area contributed by atoms with Crippen LogP contribution in [0.5, 0.6) is 5.75 Å². The van der Waals surface area contributed by atoms with Crippen LogP contribution < -0.4 is 4.74 Å². The lowest BCUT2D eigenvalue weighted by Gasteiger charge is -2.59. The van der Waals surface area contributed by atoms with Gasteiger partial charge in [-0.2, -0.15) is 8.42 Å². The smallest absolute Gasteiger partial charge is 0.297 e. The molecule has 186 valence electrons. The fourth-order valence-electron chi connectivity index (χ4n) is 7.30. The highest BCUT2D eigenvalue weighted by molar-refractivity contribution is 7.86. The topological polar surface area (TPSA) is 71.6 Å². The van der Waals surface area contributed by atoms with Crippen LogP contribution in [-0.2, 0) is 26.1 Å². The van der Waals surface area contributed by atoms with Crippen LogP contribution in [0.2, 0.25) is 0 Å². The summed E-state index contributed by atoms with van der Waals surface area (Å²) in [6.07, 6.45) is 4.20. The number of aromatic nitrogens is 1. The summed E-state index contributed by atoms with van der Waals surface area (Å²) in [6.45, 7) is 6.47. The lowest BCUT2D eigenvalue weighted by molar-refractivity contribution is -0.0732. The third kappa shape index (κ3) is 3.62. The summed E-state index contributed by atoms with van der Waals surface area (Å²) in [6, 6.07) is 13.4. The highest BCUT2D eigenvalue weighted by atomic mass is 32.2. The van der Waals surface area contributed by atoms with Gasteiger partial charge >= 0.3 is 0 Å². The molecule has 1 aromatic heterocycles. The van der Waals surface area contributed by atoms with Gasteiger partial charge in [-0.05, 0) is 73.9 Å². The first-order valence-corrected chi connectivity index (χ1v) is 14.1. The van der Waals surface area contributed by atoms with Gasteiger partial charge in [0.2, 0.25) is 0 Å². The van der Waals surface area contributed by atoms with Gasteiger partial charge in [0.15, 0.2) is 0 Å². The van der Waals surface area contributed by atoms with Crippen molar-refractivity contribution in [2.24, 2.45) is 11.8 Å². The maximum Gasteiger partial charge on any atom is 0.297 e. The Labute approximate surface area is 207 Å². The monoisotopic (exact) mass is 494 g/mol. The third-order valence-corrected chi connectivity index (χ3v) is 10.0. The second kappa shape index (κ2) is 8.36. The number of fused-ring (bicyclic) bond motifs is 4. The molecule has 0 spiro atoms. The van der Waals surface area contributed by atoms with Crippen LogP contribution in [0.15, 0.2) is 47.4 Å². The van der Waals surface area contributed by atoms with E-state index in [1.807, 2.05) is 25.1 Å². The molecule has 3 aromatic rings. The largest absolute Gasteiger partial charge is 0.497 e. The van der Waals surface area contributed by atoms with E-state index in [1.54, 1.807) is 19.2 Å². The average molecular weight is 495 g/mol. The number of hydrogen-bond donors (Lipinski definition) is 1. The van der Waals surface area contributed by atoms with Gasteiger partial charge in [-0.25, -0.2) is 0 Å². The first-order chi connectivity index (χ1) is 16.8. The predicted molar refractivity (Wildman–Crippen MR) is 136 cm³/mol. The SMILES string of the molecule is CC[C@H]1C[C@H]2CN3CCc4c([nH]c5ccc(OC)cc45)[C@](COS(=O)(=O)c4ccc(C)cc4)(C2)[C@H]13. The van der Waals surface area contributed by atoms with E-state index in [-0.39, 0.29) is 17.5 Å². The molecule has 0 radical (unpaired) electrons. The first kappa shape index (κ1) is 23.1. The van der Waals surface area contributed by atoms with E-state index in [9.17, 15) is 8.42 Å². The lowest BCUT2D eigenvalue weighted by Crippen LogP contribution is -2.66. The van der Waals surface area contributed by atoms with Crippen molar-refractivity contribution in [2.75, 3.05) is 26.8 Å². The van der Waals surface area contributed by atoms with Gasteiger partial charge in [0.05, 0.1) is 24.0 Å². The molecule has 4 aliphatic rings. The molecule has 7 heteroatoms. The average Bonchev–Trinajstić information content (AvgIpc) is 3.20. The first-order valence-electron chi connectivity index (χ1n) is 12.7. The molecule has 4 bridgehead atoms. The zero-order chi connectivity index (χ0) is 24.4. The van der Waals surface area contributed by atoms with Crippen molar-refractivity contribution in [1.82, 2.24) is 9.88 Å². The Hall–Kier alpha value is -2.35. The summed E-state index contributed by atoms with van der Waals surface area (Å²) in [7, 11) is -2.17. The number of hydrogen-bond acceptors (Lipinski definition) is 5. The summed E-state index contributed by atoms with van der Waals surface area (Å²) in [5.74, 6) is 1.91. The summed E-state index contributed by atoms with van der Waals surface area (Å²) < 4.78 is 38.1. The summed E-state index contributed by atoms with van der Waals surface area (Å²) in [5.41, 5.74) is 4.18. The summed E-state index contributed by atoms with van der Waals surface area (Å²) >= 11 is 0. The van der Waals surface area contributed by atoms with Gasteiger partial charge < -0.3 is 9.72 Å². The van der Waals surface area contributed by atoms with E-state index in [2.05, 4.69) is 28.9 Å². The van der Waals surface area contributed by atoms with Gasteiger partial charge in [-0.3, -0.25) is 9.08 Å². The van der Waals surface area contributed by atoms with Crippen LogP contribution in [0, 0.1) is 18.8 Å². The Morgan fingerprint density at radius 3 is 2.71 bits per heavy atom. The van der Waals surface area contributed by atoms with Gasteiger partial charge in [0, 0.05) is 35.7 Å². The molecule has 1 N–H and O–H groups in total. The van der Waals surface area contributed by atoms with Gasteiger partial charge in [0.1, 0.15) is 5.75 Å². The van der Waals surface area contributed by atoms with Crippen LogP contribution in [-0.4, -0.2) is 51.1 Å². The molecule has 3 aliphatic heterocycles. The molecule has 1 unspecified atom stereocenters. The number of piperidine rings is 2. The van der Waals surface area contributed by atoms with Crippen molar-refractivity contribution >= 4 is 21.0 Å². The summed E-state index contributed by atoms with van der Waals surface area (Å²) in [5, 5.41) is 1.18. The minimum atomic E-state index is -3.87.